The second kappa shape index (κ2) is 6.88. The molecule has 0 aromatic heterocycles. The Kier molecular flexibility index (Phi) is 5.79. The molecule has 1 saturated heterocycles. The normalized spacial score (nSPS) is 24.3. The lowest BCUT2D eigenvalue weighted by molar-refractivity contribution is -0.129. The summed E-state index contributed by atoms with van der Waals surface area (Å²) < 4.78 is 0. The van der Waals surface area contributed by atoms with Crippen molar-refractivity contribution in [2.75, 3.05) is 13.1 Å². The molecule has 1 amide bonds. The number of rotatable bonds is 5. The highest BCUT2D eigenvalue weighted by Gasteiger charge is 2.29. The summed E-state index contributed by atoms with van der Waals surface area (Å²) >= 11 is 0. The summed E-state index contributed by atoms with van der Waals surface area (Å²) in [5.41, 5.74) is 0. The second-order valence-electron chi connectivity index (χ2n) is 5.44. The van der Waals surface area contributed by atoms with E-state index in [2.05, 4.69) is 17.1 Å². The first-order valence-corrected chi connectivity index (χ1v) is 7.00. The van der Waals surface area contributed by atoms with Crippen LogP contribution in [0.15, 0.2) is 0 Å². The molecule has 0 radical (unpaired) electrons. The van der Waals surface area contributed by atoms with E-state index in [9.17, 15) is 9.59 Å². The van der Waals surface area contributed by atoms with Gasteiger partial charge in [0.1, 0.15) is 5.78 Å². The third-order valence-electron chi connectivity index (χ3n) is 3.96. The van der Waals surface area contributed by atoms with E-state index >= 15 is 0 Å². The van der Waals surface area contributed by atoms with Gasteiger partial charge >= 0.3 is 0 Å². The van der Waals surface area contributed by atoms with Gasteiger partial charge in [-0.15, -0.1) is 0 Å². The molecule has 0 bridgehead atoms. The molecule has 1 fully saturated rings. The SMILES string of the molecule is CCC(C)NC(=O)C(C)N1CCCC(C(C)=O)C1. The molecule has 1 N–H and O–H groups in total. The molecule has 4 heteroatoms. The van der Waals surface area contributed by atoms with Gasteiger partial charge in [-0.25, -0.2) is 0 Å². The highest BCUT2D eigenvalue weighted by Crippen LogP contribution is 2.19. The van der Waals surface area contributed by atoms with E-state index in [0.717, 1.165) is 32.4 Å². The Morgan fingerprint density at radius 2 is 2.06 bits per heavy atom. The van der Waals surface area contributed by atoms with Crippen molar-refractivity contribution in [3.63, 3.8) is 0 Å². The van der Waals surface area contributed by atoms with Gasteiger partial charge in [-0.3, -0.25) is 14.5 Å². The number of nitrogens with zero attached hydrogens (tertiary/aromatic N) is 1. The summed E-state index contributed by atoms with van der Waals surface area (Å²) in [5, 5.41) is 3.01. The molecule has 104 valence electrons. The largest absolute Gasteiger partial charge is 0.352 e. The van der Waals surface area contributed by atoms with Crippen LogP contribution < -0.4 is 5.32 Å². The van der Waals surface area contributed by atoms with Crippen LogP contribution in [0.5, 0.6) is 0 Å². The maximum Gasteiger partial charge on any atom is 0.237 e. The zero-order chi connectivity index (χ0) is 13.7. The average Bonchev–Trinajstić information content (AvgIpc) is 2.37. The Balaban J connectivity index is 2.52. The Hall–Kier alpha value is -0.900. The predicted octanol–water partition coefficient (Wildman–Crippen LogP) is 1.59. The van der Waals surface area contributed by atoms with Gasteiger partial charge in [0.15, 0.2) is 0 Å². The zero-order valence-electron chi connectivity index (χ0n) is 12.0. The summed E-state index contributed by atoms with van der Waals surface area (Å²) in [6.07, 6.45) is 2.91. The monoisotopic (exact) mass is 254 g/mol. The topological polar surface area (TPSA) is 49.4 Å². The third kappa shape index (κ3) is 4.09. The first kappa shape index (κ1) is 15.2. The molecule has 1 heterocycles. The predicted molar refractivity (Wildman–Crippen MR) is 72.3 cm³/mol. The van der Waals surface area contributed by atoms with Crippen LogP contribution in [0.25, 0.3) is 0 Å². The molecule has 3 unspecified atom stereocenters. The summed E-state index contributed by atoms with van der Waals surface area (Å²) in [5.74, 6) is 0.431. The van der Waals surface area contributed by atoms with E-state index in [1.807, 2.05) is 13.8 Å². The van der Waals surface area contributed by atoms with Gasteiger partial charge in [0.2, 0.25) is 5.91 Å². The fourth-order valence-corrected chi connectivity index (χ4v) is 2.32. The van der Waals surface area contributed by atoms with Gasteiger partial charge in [0.25, 0.3) is 0 Å². The van der Waals surface area contributed by atoms with Crippen LogP contribution in [0.1, 0.15) is 47.0 Å². The molecule has 3 atom stereocenters. The molecule has 1 rings (SSSR count). The quantitative estimate of drug-likeness (QED) is 0.810. The minimum Gasteiger partial charge on any atom is -0.352 e. The van der Waals surface area contributed by atoms with Crippen LogP contribution >= 0.6 is 0 Å². The molecular formula is C14H26N2O2. The maximum atomic E-state index is 12.1. The minimum atomic E-state index is -0.138. The average molecular weight is 254 g/mol. The Bertz CT molecular complexity index is 304. The molecule has 0 saturated carbocycles. The number of nitrogens with one attached hydrogen (secondary N) is 1. The van der Waals surface area contributed by atoms with E-state index < -0.39 is 0 Å². The summed E-state index contributed by atoms with van der Waals surface area (Å²) in [6, 6.07) is 0.0782. The van der Waals surface area contributed by atoms with Crippen LogP contribution in [-0.2, 0) is 9.59 Å². The number of hydrogen-bond donors (Lipinski definition) is 1. The number of piperidine rings is 1. The molecule has 1 aliphatic rings. The van der Waals surface area contributed by atoms with Gasteiger partial charge < -0.3 is 5.32 Å². The van der Waals surface area contributed by atoms with E-state index in [0.29, 0.717) is 0 Å². The molecule has 1 aliphatic heterocycles. The molecule has 4 nitrogen and oxygen atoms in total. The first-order valence-electron chi connectivity index (χ1n) is 7.00. The molecule has 0 aromatic rings. The van der Waals surface area contributed by atoms with Crippen molar-refractivity contribution in [1.29, 1.82) is 0 Å². The van der Waals surface area contributed by atoms with Gasteiger partial charge in [-0.1, -0.05) is 6.92 Å². The Morgan fingerprint density at radius 1 is 1.39 bits per heavy atom. The van der Waals surface area contributed by atoms with Crippen LogP contribution in [0, 0.1) is 5.92 Å². The van der Waals surface area contributed by atoms with Crippen LogP contribution in [0.4, 0.5) is 0 Å². The highest BCUT2D eigenvalue weighted by atomic mass is 16.2. The summed E-state index contributed by atoms with van der Waals surface area (Å²) in [6.45, 7) is 9.29. The summed E-state index contributed by atoms with van der Waals surface area (Å²) in [4.78, 5) is 25.6. The van der Waals surface area contributed by atoms with Crippen molar-refractivity contribution < 1.29 is 9.59 Å². The van der Waals surface area contributed by atoms with Crippen LogP contribution in [0.2, 0.25) is 0 Å². The number of hydrogen-bond acceptors (Lipinski definition) is 3. The van der Waals surface area contributed by atoms with E-state index in [-0.39, 0.29) is 29.7 Å². The number of ketones is 1. The Labute approximate surface area is 110 Å². The number of Topliss-reactive ketones (excluding diaryl/α,β-unsaturated/α-hetero) is 1. The molecule has 0 aromatic carbocycles. The third-order valence-corrected chi connectivity index (χ3v) is 3.96. The van der Waals surface area contributed by atoms with Crippen molar-refractivity contribution in [2.45, 2.75) is 59.0 Å². The van der Waals surface area contributed by atoms with Crippen molar-refractivity contribution in [3.05, 3.63) is 0 Å². The Morgan fingerprint density at radius 3 is 2.61 bits per heavy atom. The highest BCUT2D eigenvalue weighted by molar-refractivity contribution is 5.82. The second-order valence-corrected chi connectivity index (χ2v) is 5.44. The molecule has 18 heavy (non-hydrogen) atoms. The van der Waals surface area contributed by atoms with E-state index in [4.69, 9.17) is 0 Å². The number of carbonyl (C=O) groups excluding carboxylic acids is 2. The lowest BCUT2D eigenvalue weighted by Crippen LogP contribution is -2.51. The number of carbonyl (C=O) groups is 2. The standard InChI is InChI=1S/C14H26N2O2/c1-5-10(2)15-14(18)11(3)16-8-6-7-13(9-16)12(4)17/h10-11,13H,5-9H2,1-4H3,(H,15,18). The van der Waals surface area contributed by atoms with E-state index in [1.165, 1.54) is 0 Å². The van der Waals surface area contributed by atoms with Crippen LogP contribution in [-0.4, -0.2) is 41.8 Å². The number of amides is 1. The van der Waals surface area contributed by atoms with Gasteiger partial charge in [-0.2, -0.15) is 0 Å². The van der Waals surface area contributed by atoms with Crippen molar-refractivity contribution in [2.24, 2.45) is 5.92 Å². The first-order chi connectivity index (χ1) is 8.45. The molecule has 0 aliphatic carbocycles. The molecule has 0 spiro atoms. The van der Waals surface area contributed by atoms with Gasteiger partial charge in [-0.05, 0) is 46.6 Å². The smallest absolute Gasteiger partial charge is 0.237 e. The van der Waals surface area contributed by atoms with Crippen molar-refractivity contribution >= 4 is 11.7 Å². The van der Waals surface area contributed by atoms with Gasteiger partial charge in [0, 0.05) is 18.5 Å². The van der Waals surface area contributed by atoms with Crippen molar-refractivity contribution in [1.82, 2.24) is 10.2 Å². The van der Waals surface area contributed by atoms with E-state index in [1.54, 1.807) is 6.92 Å². The van der Waals surface area contributed by atoms with Crippen LogP contribution in [0.3, 0.4) is 0 Å². The van der Waals surface area contributed by atoms with Crippen molar-refractivity contribution in [3.8, 4) is 0 Å². The maximum absolute atomic E-state index is 12.1. The fourth-order valence-electron chi connectivity index (χ4n) is 2.32. The minimum absolute atomic E-state index is 0.0774. The van der Waals surface area contributed by atoms with Gasteiger partial charge in [0.05, 0.1) is 6.04 Å². The zero-order valence-corrected chi connectivity index (χ0v) is 12.0. The molecular weight excluding hydrogens is 228 g/mol. The fraction of sp³-hybridized carbons (Fsp3) is 0.857. The lowest BCUT2D eigenvalue weighted by atomic mass is 9.93. The lowest BCUT2D eigenvalue weighted by Gasteiger charge is -2.35. The summed E-state index contributed by atoms with van der Waals surface area (Å²) in [7, 11) is 0. The number of likely N-dealkylation sites (tertiary alicyclic amines) is 1.